The Morgan fingerprint density at radius 1 is 1.48 bits per heavy atom. The average Bonchev–Trinajstić information content (AvgIpc) is 3.17. The average molecular weight is 295 g/mol. The Morgan fingerprint density at radius 3 is 2.81 bits per heavy atom. The zero-order valence-corrected chi connectivity index (χ0v) is 13.0. The Morgan fingerprint density at radius 2 is 2.19 bits per heavy atom. The standard InChI is InChI=1S/C14H25N5O2/c1-9(2)11(15)6-7-19(3)8-12(20)16-14-18-17-13(21-14)10-4-5-10/h9-11H,4-8,15H2,1-3H3,(H,16,18,20). The Balaban J connectivity index is 1.70. The summed E-state index contributed by atoms with van der Waals surface area (Å²) in [5.41, 5.74) is 6.00. The fourth-order valence-corrected chi connectivity index (χ4v) is 1.97. The van der Waals surface area contributed by atoms with Crippen LogP contribution in [0.4, 0.5) is 6.01 Å². The molecule has 0 spiro atoms. The second kappa shape index (κ2) is 7.00. The first-order valence-electron chi connectivity index (χ1n) is 7.53. The Kier molecular flexibility index (Phi) is 5.30. The third-order valence-corrected chi connectivity index (χ3v) is 3.73. The van der Waals surface area contributed by atoms with Crippen LogP contribution in [-0.2, 0) is 4.79 Å². The number of nitrogens with one attached hydrogen (secondary N) is 1. The first kappa shape index (κ1) is 15.9. The van der Waals surface area contributed by atoms with E-state index in [9.17, 15) is 4.79 Å². The van der Waals surface area contributed by atoms with Gasteiger partial charge in [0, 0.05) is 12.0 Å². The van der Waals surface area contributed by atoms with Gasteiger partial charge in [-0.3, -0.25) is 15.0 Å². The van der Waals surface area contributed by atoms with Crippen LogP contribution < -0.4 is 11.1 Å². The number of carbonyl (C=O) groups excluding carboxylic acids is 1. The summed E-state index contributed by atoms with van der Waals surface area (Å²) in [5, 5.41) is 10.4. The summed E-state index contributed by atoms with van der Waals surface area (Å²) in [6, 6.07) is 0.349. The van der Waals surface area contributed by atoms with Gasteiger partial charge in [0.2, 0.25) is 11.8 Å². The Bertz CT molecular complexity index is 470. The molecule has 21 heavy (non-hydrogen) atoms. The van der Waals surface area contributed by atoms with Crippen LogP contribution in [0.5, 0.6) is 0 Å². The smallest absolute Gasteiger partial charge is 0.322 e. The SMILES string of the molecule is CC(C)C(N)CCN(C)CC(=O)Nc1nnc(C2CC2)o1. The van der Waals surface area contributed by atoms with Gasteiger partial charge in [0.25, 0.3) is 0 Å². The van der Waals surface area contributed by atoms with Gasteiger partial charge in [0.1, 0.15) is 0 Å². The predicted octanol–water partition coefficient (Wildman–Crippen LogP) is 1.19. The minimum Gasteiger partial charge on any atom is -0.408 e. The summed E-state index contributed by atoms with van der Waals surface area (Å²) < 4.78 is 5.40. The van der Waals surface area contributed by atoms with Crippen molar-refractivity contribution >= 4 is 11.9 Å². The van der Waals surface area contributed by atoms with Crippen LogP contribution in [-0.4, -0.2) is 47.2 Å². The van der Waals surface area contributed by atoms with Crippen LogP contribution in [0, 0.1) is 5.92 Å². The van der Waals surface area contributed by atoms with Gasteiger partial charge in [-0.25, -0.2) is 0 Å². The van der Waals surface area contributed by atoms with E-state index < -0.39 is 0 Å². The van der Waals surface area contributed by atoms with E-state index in [0.29, 0.717) is 17.7 Å². The number of anilines is 1. The largest absolute Gasteiger partial charge is 0.408 e. The third-order valence-electron chi connectivity index (χ3n) is 3.73. The number of rotatable bonds is 8. The van der Waals surface area contributed by atoms with Crippen molar-refractivity contribution in [3.05, 3.63) is 5.89 Å². The summed E-state index contributed by atoms with van der Waals surface area (Å²) in [6.07, 6.45) is 3.05. The first-order valence-corrected chi connectivity index (χ1v) is 7.53. The molecule has 1 aliphatic rings. The number of amides is 1. The van der Waals surface area contributed by atoms with E-state index in [2.05, 4.69) is 29.4 Å². The highest BCUT2D eigenvalue weighted by Crippen LogP contribution is 2.39. The van der Waals surface area contributed by atoms with Crippen molar-refractivity contribution < 1.29 is 9.21 Å². The molecule has 1 aliphatic carbocycles. The molecule has 7 heteroatoms. The zero-order chi connectivity index (χ0) is 15.4. The van der Waals surface area contributed by atoms with E-state index in [0.717, 1.165) is 25.8 Å². The lowest BCUT2D eigenvalue weighted by Crippen LogP contribution is -2.35. The molecule has 118 valence electrons. The van der Waals surface area contributed by atoms with Crippen molar-refractivity contribution in [2.45, 2.75) is 45.1 Å². The lowest BCUT2D eigenvalue weighted by atomic mass is 10.0. The van der Waals surface area contributed by atoms with Gasteiger partial charge in [-0.2, -0.15) is 0 Å². The minimum absolute atomic E-state index is 0.151. The van der Waals surface area contributed by atoms with Gasteiger partial charge >= 0.3 is 6.01 Å². The van der Waals surface area contributed by atoms with Gasteiger partial charge in [0.15, 0.2) is 0 Å². The van der Waals surface area contributed by atoms with Crippen LogP contribution in [0.25, 0.3) is 0 Å². The maximum Gasteiger partial charge on any atom is 0.322 e. The van der Waals surface area contributed by atoms with E-state index in [4.69, 9.17) is 10.2 Å². The van der Waals surface area contributed by atoms with E-state index in [1.165, 1.54) is 0 Å². The highest BCUT2D eigenvalue weighted by atomic mass is 16.4. The lowest BCUT2D eigenvalue weighted by Gasteiger charge is -2.20. The molecule has 1 aromatic heterocycles. The number of likely N-dealkylation sites (N-methyl/N-ethyl adjacent to an activating group) is 1. The second-order valence-corrected chi connectivity index (χ2v) is 6.20. The molecule has 0 radical (unpaired) electrons. The topological polar surface area (TPSA) is 97.3 Å². The monoisotopic (exact) mass is 295 g/mol. The summed E-state index contributed by atoms with van der Waals surface area (Å²) in [4.78, 5) is 13.8. The van der Waals surface area contributed by atoms with Crippen LogP contribution in [0.3, 0.4) is 0 Å². The predicted molar refractivity (Wildman–Crippen MR) is 79.8 cm³/mol. The molecule has 2 rings (SSSR count). The van der Waals surface area contributed by atoms with E-state index >= 15 is 0 Å². The Hall–Kier alpha value is -1.47. The number of nitrogens with two attached hydrogens (primary N) is 1. The van der Waals surface area contributed by atoms with E-state index in [1.807, 2.05) is 11.9 Å². The summed E-state index contributed by atoms with van der Waals surface area (Å²) in [5.74, 6) is 1.32. The van der Waals surface area contributed by atoms with Gasteiger partial charge in [-0.05, 0) is 38.8 Å². The minimum atomic E-state index is -0.151. The van der Waals surface area contributed by atoms with Gasteiger partial charge in [-0.15, -0.1) is 5.10 Å². The van der Waals surface area contributed by atoms with Crippen molar-refractivity contribution in [1.29, 1.82) is 0 Å². The summed E-state index contributed by atoms with van der Waals surface area (Å²) in [6.45, 7) is 5.27. The van der Waals surface area contributed by atoms with Gasteiger partial charge < -0.3 is 10.2 Å². The molecular weight excluding hydrogens is 270 g/mol. The lowest BCUT2D eigenvalue weighted by molar-refractivity contribution is -0.117. The van der Waals surface area contributed by atoms with Crippen molar-refractivity contribution in [2.75, 3.05) is 25.5 Å². The number of hydrogen-bond donors (Lipinski definition) is 2. The molecular formula is C14H25N5O2. The van der Waals surface area contributed by atoms with Gasteiger partial charge in [-0.1, -0.05) is 18.9 Å². The molecule has 0 bridgehead atoms. The Labute approximate surface area is 125 Å². The molecule has 7 nitrogen and oxygen atoms in total. The van der Waals surface area contributed by atoms with Crippen LogP contribution in [0.15, 0.2) is 4.42 Å². The van der Waals surface area contributed by atoms with E-state index in [1.54, 1.807) is 0 Å². The van der Waals surface area contributed by atoms with Crippen molar-refractivity contribution in [3.63, 3.8) is 0 Å². The molecule has 1 amide bonds. The van der Waals surface area contributed by atoms with Crippen LogP contribution in [0.1, 0.15) is 44.9 Å². The molecule has 1 unspecified atom stereocenters. The third kappa shape index (κ3) is 5.09. The molecule has 0 aromatic carbocycles. The van der Waals surface area contributed by atoms with Crippen LogP contribution in [0.2, 0.25) is 0 Å². The highest BCUT2D eigenvalue weighted by molar-refractivity contribution is 5.90. The highest BCUT2D eigenvalue weighted by Gasteiger charge is 2.29. The first-order chi connectivity index (χ1) is 9.95. The molecule has 1 saturated carbocycles. The summed E-state index contributed by atoms with van der Waals surface area (Å²) >= 11 is 0. The molecule has 1 aromatic rings. The van der Waals surface area contributed by atoms with Crippen molar-refractivity contribution in [2.24, 2.45) is 11.7 Å². The van der Waals surface area contributed by atoms with Crippen molar-refractivity contribution in [3.8, 4) is 0 Å². The number of aromatic nitrogens is 2. The number of carbonyl (C=O) groups is 1. The molecule has 1 atom stereocenters. The number of hydrogen-bond acceptors (Lipinski definition) is 6. The quantitative estimate of drug-likeness (QED) is 0.747. The number of nitrogens with zero attached hydrogens (tertiary/aromatic N) is 3. The molecule has 1 fully saturated rings. The second-order valence-electron chi connectivity index (χ2n) is 6.20. The normalized spacial score (nSPS) is 16.5. The fourth-order valence-electron chi connectivity index (χ4n) is 1.97. The molecule has 0 aliphatic heterocycles. The summed E-state index contributed by atoms with van der Waals surface area (Å²) in [7, 11) is 1.90. The fraction of sp³-hybridized carbons (Fsp3) is 0.786. The van der Waals surface area contributed by atoms with Gasteiger partial charge in [0.05, 0.1) is 6.54 Å². The molecule has 1 heterocycles. The molecule has 3 N–H and O–H groups in total. The maximum atomic E-state index is 11.9. The maximum absolute atomic E-state index is 11.9. The van der Waals surface area contributed by atoms with Crippen LogP contribution >= 0.6 is 0 Å². The van der Waals surface area contributed by atoms with E-state index in [-0.39, 0.29) is 24.5 Å². The van der Waals surface area contributed by atoms with Crippen molar-refractivity contribution in [1.82, 2.24) is 15.1 Å². The molecule has 0 saturated heterocycles. The zero-order valence-electron chi connectivity index (χ0n) is 13.0.